The second-order valence-electron chi connectivity index (χ2n) is 6.82. The molecule has 26 heavy (non-hydrogen) atoms. The first-order valence-electron chi connectivity index (χ1n) is 10.2. The molecule has 0 saturated carbocycles. The second-order valence-corrected chi connectivity index (χ2v) is 8.49. The fourth-order valence-electron chi connectivity index (χ4n) is 2.51. The van der Waals surface area contributed by atoms with Crippen molar-refractivity contribution in [1.29, 1.82) is 0 Å². The first-order valence-corrected chi connectivity index (χ1v) is 11.6. The van der Waals surface area contributed by atoms with Crippen molar-refractivity contribution < 1.29 is 22.9 Å². The molecule has 0 heterocycles. The molecule has 1 amide bonds. The maximum atomic E-state index is 13.0. The van der Waals surface area contributed by atoms with Gasteiger partial charge in [0.2, 0.25) is 5.91 Å². The van der Waals surface area contributed by atoms with E-state index in [1.807, 2.05) is 0 Å². The molecule has 0 aliphatic heterocycles. The lowest BCUT2D eigenvalue weighted by Gasteiger charge is -2.23. The Balaban J connectivity index is 4.76. The SMILES string of the molecule is CCCCC(CC)COP(=O)(OCC(=O)NC)OCC(CC)CCCC. The molecule has 0 aliphatic carbocycles. The molecule has 0 bridgehead atoms. The van der Waals surface area contributed by atoms with E-state index in [0.717, 1.165) is 51.4 Å². The van der Waals surface area contributed by atoms with E-state index in [2.05, 4.69) is 33.0 Å². The molecule has 1 N–H and O–H groups in total. The van der Waals surface area contributed by atoms with E-state index in [1.165, 1.54) is 7.05 Å². The molecule has 2 atom stereocenters. The third-order valence-electron chi connectivity index (χ3n) is 4.66. The number of carbonyl (C=O) groups excluding carboxylic acids is 1. The van der Waals surface area contributed by atoms with Crippen molar-refractivity contribution in [3.8, 4) is 0 Å². The number of rotatable bonds is 17. The summed E-state index contributed by atoms with van der Waals surface area (Å²) in [6.07, 6.45) is 8.41. The number of unbranched alkanes of at least 4 members (excludes halogenated alkanes) is 2. The van der Waals surface area contributed by atoms with Gasteiger partial charge in [-0.05, 0) is 24.7 Å². The fourth-order valence-corrected chi connectivity index (χ4v) is 3.80. The Hall–Kier alpha value is -0.420. The number of hydrogen-bond acceptors (Lipinski definition) is 5. The van der Waals surface area contributed by atoms with Gasteiger partial charge in [-0.15, -0.1) is 0 Å². The van der Waals surface area contributed by atoms with E-state index in [4.69, 9.17) is 13.6 Å². The number of phosphoric acid groups is 1. The van der Waals surface area contributed by atoms with Crippen molar-refractivity contribution in [2.45, 2.75) is 79.1 Å². The standard InChI is InChI=1S/C19H40NO5P/c1-6-10-12-17(8-3)14-23-26(22,25-16-19(21)20-5)24-15-18(9-4)13-11-7-2/h17-18H,6-16H2,1-5H3,(H,20,21). The summed E-state index contributed by atoms with van der Waals surface area (Å²) in [4.78, 5) is 11.5. The second kappa shape index (κ2) is 15.6. The highest BCUT2D eigenvalue weighted by Gasteiger charge is 2.30. The van der Waals surface area contributed by atoms with Crippen LogP contribution in [-0.4, -0.2) is 32.8 Å². The molecule has 0 aliphatic rings. The first-order chi connectivity index (χ1) is 12.4. The van der Waals surface area contributed by atoms with Gasteiger partial charge in [0.25, 0.3) is 0 Å². The smallest absolute Gasteiger partial charge is 0.357 e. The summed E-state index contributed by atoms with van der Waals surface area (Å²) in [5.74, 6) is 0.281. The quantitative estimate of drug-likeness (QED) is 0.338. The molecule has 7 heteroatoms. The summed E-state index contributed by atoms with van der Waals surface area (Å²) < 4.78 is 29.5. The highest BCUT2D eigenvalue weighted by atomic mass is 31.2. The molecule has 0 radical (unpaired) electrons. The molecule has 0 aromatic heterocycles. The molecular weight excluding hydrogens is 353 g/mol. The van der Waals surface area contributed by atoms with Crippen molar-refractivity contribution in [3.63, 3.8) is 0 Å². The zero-order chi connectivity index (χ0) is 19.8. The van der Waals surface area contributed by atoms with Crippen LogP contribution in [0.3, 0.4) is 0 Å². The van der Waals surface area contributed by atoms with Crippen LogP contribution in [0.25, 0.3) is 0 Å². The van der Waals surface area contributed by atoms with Crippen LogP contribution >= 0.6 is 7.82 Å². The maximum Gasteiger partial charge on any atom is 0.475 e. The minimum atomic E-state index is -3.75. The topological polar surface area (TPSA) is 73.9 Å². The monoisotopic (exact) mass is 393 g/mol. The predicted molar refractivity (Wildman–Crippen MR) is 106 cm³/mol. The third-order valence-corrected chi connectivity index (χ3v) is 6.03. The first kappa shape index (κ1) is 25.6. The third kappa shape index (κ3) is 12.1. The maximum absolute atomic E-state index is 13.0. The molecule has 0 fully saturated rings. The Morgan fingerprint density at radius 2 is 1.35 bits per heavy atom. The van der Waals surface area contributed by atoms with E-state index >= 15 is 0 Å². The normalized spacial score (nSPS) is 16.0. The average Bonchev–Trinajstić information content (AvgIpc) is 2.66. The van der Waals surface area contributed by atoms with Crippen LogP contribution in [0, 0.1) is 11.8 Å². The largest absolute Gasteiger partial charge is 0.475 e. The van der Waals surface area contributed by atoms with Gasteiger partial charge >= 0.3 is 7.82 Å². The molecule has 0 saturated heterocycles. The summed E-state index contributed by atoms with van der Waals surface area (Å²) in [5.41, 5.74) is 0. The van der Waals surface area contributed by atoms with Crippen LogP contribution in [0.1, 0.15) is 79.1 Å². The highest BCUT2D eigenvalue weighted by molar-refractivity contribution is 7.48. The number of phosphoric ester groups is 1. The van der Waals surface area contributed by atoms with Crippen molar-refractivity contribution >= 4 is 13.7 Å². The van der Waals surface area contributed by atoms with Gasteiger partial charge in [-0.1, -0.05) is 66.2 Å². The Kier molecular flexibility index (Phi) is 15.4. The van der Waals surface area contributed by atoms with Gasteiger partial charge in [0.05, 0.1) is 13.2 Å². The molecule has 6 nitrogen and oxygen atoms in total. The number of amides is 1. The zero-order valence-electron chi connectivity index (χ0n) is 17.4. The van der Waals surface area contributed by atoms with Crippen LogP contribution in [0.5, 0.6) is 0 Å². The van der Waals surface area contributed by atoms with Gasteiger partial charge in [-0.25, -0.2) is 4.57 Å². The molecule has 2 unspecified atom stereocenters. The van der Waals surface area contributed by atoms with Crippen molar-refractivity contribution in [2.24, 2.45) is 11.8 Å². The number of nitrogens with one attached hydrogen (secondary N) is 1. The Morgan fingerprint density at radius 3 is 1.69 bits per heavy atom. The van der Waals surface area contributed by atoms with E-state index in [0.29, 0.717) is 25.0 Å². The van der Waals surface area contributed by atoms with Gasteiger partial charge < -0.3 is 5.32 Å². The molecular formula is C19H40NO5P. The Morgan fingerprint density at radius 1 is 0.885 bits per heavy atom. The van der Waals surface area contributed by atoms with E-state index < -0.39 is 7.82 Å². The number of hydrogen-bond donors (Lipinski definition) is 1. The summed E-state index contributed by atoms with van der Waals surface area (Å²) in [6, 6.07) is 0. The molecule has 0 rings (SSSR count). The Bertz CT molecular complexity index is 381. The molecule has 0 aromatic rings. The van der Waals surface area contributed by atoms with E-state index in [1.54, 1.807) is 0 Å². The van der Waals surface area contributed by atoms with E-state index in [9.17, 15) is 9.36 Å². The van der Waals surface area contributed by atoms with Gasteiger partial charge in [-0.2, -0.15) is 0 Å². The summed E-state index contributed by atoms with van der Waals surface area (Å²) in [5, 5.41) is 2.45. The number of carbonyl (C=O) groups is 1. The summed E-state index contributed by atoms with van der Waals surface area (Å²) in [6.45, 7) is 8.81. The lowest BCUT2D eigenvalue weighted by atomic mass is 10.0. The average molecular weight is 394 g/mol. The zero-order valence-corrected chi connectivity index (χ0v) is 18.3. The highest BCUT2D eigenvalue weighted by Crippen LogP contribution is 2.50. The van der Waals surface area contributed by atoms with Crippen LogP contribution in [0.4, 0.5) is 0 Å². The summed E-state index contributed by atoms with van der Waals surface area (Å²) in [7, 11) is -2.24. The lowest BCUT2D eigenvalue weighted by Crippen LogP contribution is -2.23. The predicted octanol–water partition coefficient (Wildman–Crippen LogP) is 5.32. The van der Waals surface area contributed by atoms with Crippen LogP contribution in [-0.2, 0) is 22.9 Å². The van der Waals surface area contributed by atoms with Crippen molar-refractivity contribution in [1.82, 2.24) is 5.32 Å². The number of likely N-dealkylation sites (N-methyl/N-ethyl adjacent to an activating group) is 1. The molecule has 0 aromatic carbocycles. The lowest BCUT2D eigenvalue weighted by molar-refractivity contribution is -0.123. The summed E-state index contributed by atoms with van der Waals surface area (Å²) >= 11 is 0. The molecule has 156 valence electrons. The fraction of sp³-hybridized carbons (Fsp3) is 0.947. The minimum Gasteiger partial charge on any atom is -0.357 e. The van der Waals surface area contributed by atoms with Crippen LogP contribution < -0.4 is 5.32 Å². The van der Waals surface area contributed by atoms with Gasteiger partial charge in [0.1, 0.15) is 6.61 Å². The Labute approximate surface area is 160 Å². The molecule has 0 spiro atoms. The van der Waals surface area contributed by atoms with Gasteiger partial charge in [-0.3, -0.25) is 18.4 Å². The van der Waals surface area contributed by atoms with Gasteiger partial charge in [0.15, 0.2) is 0 Å². The van der Waals surface area contributed by atoms with Crippen LogP contribution in [0.2, 0.25) is 0 Å². The van der Waals surface area contributed by atoms with Gasteiger partial charge in [0, 0.05) is 7.05 Å². The van der Waals surface area contributed by atoms with Crippen LogP contribution in [0.15, 0.2) is 0 Å². The van der Waals surface area contributed by atoms with Crippen molar-refractivity contribution in [3.05, 3.63) is 0 Å². The minimum absolute atomic E-state index is 0.317. The van der Waals surface area contributed by atoms with Crippen molar-refractivity contribution in [2.75, 3.05) is 26.9 Å². The van der Waals surface area contributed by atoms with E-state index in [-0.39, 0.29) is 12.5 Å².